The summed E-state index contributed by atoms with van der Waals surface area (Å²) < 4.78 is 0. The van der Waals surface area contributed by atoms with Gasteiger partial charge < -0.3 is 15.9 Å². The van der Waals surface area contributed by atoms with Gasteiger partial charge in [-0.15, -0.1) is 0 Å². The Balaban J connectivity index is 3.20. The molecule has 0 bridgehead atoms. The molecule has 0 radical (unpaired) electrons. The number of rotatable bonds is 15. The summed E-state index contributed by atoms with van der Waals surface area (Å²) in [6.07, 6.45) is 18.8. The zero-order valence-electron chi connectivity index (χ0n) is 14.0. The average molecular weight is 299 g/mol. The second-order valence-electron chi connectivity index (χ2n) is 6.09. The zero-order valence-corrected chi connectivity index (χ0v) is 14.0. The molecule has 4 N–H and O–H groups in total. The number of aliphatic hydroxyl groups excluding tert-OH is 2. The topological polar surface area (TPSA) is 66.5 Å². The quantitative estimate of drug-likeness (QED) is 0.317. The van der Waals surface area contributed by atoms with E-state index in [1.807, 2.05) is 6.08 Å². The van der Waals surface area contributed by atoms with Crippen molar-refractivity contribution in [1.82, 2.24) is 0 Å². The highest BCUT2D eigenvalue weighted by Crippen LogP contribution is 2.12. The molecule has 0 amide bonds. The molecule has 0 aliphatic rings. The molecule has 0 aromatic heterocycles. The van der Waals surface area contributed by atoms with Crippen LogP contribution in [0.3, 0.4) is 0 Å². The highest BCUT2D eigenvalue weighted by Gasteiger charge is 2.08. The third kappa shape index (κ3) is 14.3. The first-order valence-electron chi connectivity index (χ1n) is 8.93. The van der Waals surface area contributed by atoms with Gasteiger partial charge in [0.2, 0.25) is 0 Å². The van der Waals surface area contributed by atoms with Crippen molar-refractivity contribution >= 4 is 0 Å². The van der Waals surface area contributed by atoms with Crippen molar-refractivity contribution in [3.63, 3.8) is 0 Å². The van der Waals surface area contributed by atoms with Gasteiger partial charge in [0.15, 0.2) is 0 Å². The molecule has 126 valence electrons. The van der Waals surface area contributed by atoms with Crippen LogP contribution in [-0.4, -0.2) is 29.0 Å². The van der Waals surface area contributed by atoms with E-state index >= 15 is 0 Å². The lowest BCUT2D eigenvalue weighted by Crippen LogP contribution is -2.36. The number of nitrogens with two attached hydrogens (primary N) is 1. The van der Waals surface area contributed by atoms with Gasteiger partial charge in [-0.2, -0.15) is 0 Å². The summed E-state index contributed by atoms with van der Waals surface area (Å²) in [6.45, 7) is 2.08. The van der Waals surface area contributed by atoms with Gasteiger partial charge in [0.25, 0.3) is 0 Å². The maximum absolute atomic E-state index is 9.52. The monoisotopic (exact) mass is 299 g/mol. The SMILES string of the molecule is CCCCCCCCCCCCCC=C[C@@H](O)[C@H](N)CO. The van der Waals surface area contributed by atoms with Crippen LogP contribution in [0.15, 0.2) is 12.2 Å². The Morgan fingerprint density at radius 1 is 0.857 bits per heavy atom. The van der Waals surface area contributed by atoms with E-state index in [1.165, 1.54) is 70.6 Å². The second-order valence-corrected chi connectivity index (χ2v) is 6.09. The first-order chi connectivity index (χ1) is 10.2. The molecule has 0 unspecified atom stereocenters. The molecule has 3 heteroatoms. The first kappa shape index (κ1) is 20.6. The van der Waals surface area contributed by atoms with Crippen molar-refractivity contribution in [2.24, 2.45) is 5.73 Å². The van der Waals surface area contributed by atoms with Crippen LogP contribution < -0.4 is 5.73 Å². The maximum atomic E-state index is 9.52. The van der Waals surface area contributed by atoms with Gasteiger partial charge in [0.05, 0.1) is 18.8 Å². The lowest BCUT2D eigenvalue weighted by molar-refractivity contribution is 0.144. The fourth-order valence-corrected chi connectivity index (χ4v) is 2.41. The highest BCUT2D eigenvalue weighted by molar-refractivity contribution is 4.93. The first-order valence-corrected chi connectivity index (χ1v) is 8.93. The fraction of sp³-hybridized carbons (Fsp3) is 0.889. The lowest BCUT2D eigenvalue weighted by atomic mass is 10.0. The van der Waals surface area contributed by atoms with E-state index in [1.54, 1.807) is 6.08 Å². The average Bonchev–Trinajstić information content (AvgIpc) is 2.50. The van der Waals surface area contributed by atoms with E-state index < -0.39 is 12.1 Å². The molecule has 0 heterocycles. The molecule has 2 atom stereocenters. The molecule has 0 aromatic rings. The van der Waals surface area contributed by atoms with Gasteiger partial charge in [-0.3, -0.25) is 0 Å². The molecular weight excluding hydrogens is 262 g/mol. The molecule has 0 aliphatic carbocycles. The predicted octanol–water partition coefficient (Wildman–Crippen LogP) is 3.92. The van der Waals surface area contributed by atoms with Crippen molar-refractivity contribution < 1.29 is 10.2 Å². The Kier molecular flexibility index (Phi) is 15.7. The smallest absolute Gasteiger partial charge is 0.0894 e. The summed E-state index contributed by atoms with van der Waals surface area (Å²) in [5, 5.41) is 18.3. The van der Waals surface area contributed by atoms with Crippen LogP contribution in [0.1, 0.15) is 84.0 Å². The molecule has 21 heavy (non-hydrogen) atoms. The summed E-state index contributed by atoms with van der Waals surface area (Å²) in [5.41, 5.74) is 5.51. The van der Waals surface area contributed by atoms with Crippen LogP contribution in [0.2, 0.25) is 0 Å². The normalized spacial score (nSPS) is 14.7. The summed E-state index contributed by atoms with van der Waals surface area (Å²) in [6, 6.07) is -0.557. The van der Waals surface area contributed by atoms with Gasteiger partial charge in [0, 0.05) is 0 Å². The van der Waals surface area contributed by atoms with Crippen molar-refractivity contribution in [2.75, 3.05) is 6.61 Å². The molecule has 0 aromatic carbocycles. The van der Waals surface area contributed by atoms with Gasteiger partial charge >= 0.3 is 0 Å². The Morgan fingerprint density at radius 3 is 1.81 bits per heavy atom. The molecule has 0 aliphatic heterocycles. The van der Waals surface area contributed by atoms with E-state index in [2.05, 4.69) is 6.92 Å². The van der Waals surface area contributed by atoms with Crippen molar-refractivity contribution in [3.05, 3.63) is 12.2 Å². The predicted molar refractivity (Wildman–Crippen MR) is 91.3 cm³/mol. The molecule has 3 nitrogen and oxygen atoms in total. The van der Waals surface area contributed by atoms with E-state index in [0.717, 1.165) is 6.42 Å². The third-order valence-corrected chi connectivity index (χ3v) is 3.96. The van der Waals surface area contributed by atoms with Crippen molar-refractivity contribution in [1.29, 1.82) is 0 Å². The Bertz CT molecular complexity index is 231. The zero-order chi connectivity index (χ0) is 15.8. The molecule has 0 saturated carbocycles. The Hall–Kier alpha value is -0.380. The fourth-order valence-electron chi connectivity index (χ4n) is 2.41. The number of hydrogen-bond donors (Lipinski definition) is 3. The van der Waals surface area contributed by atoms with E-state index in [0.29, 0.717) is 0 Å². The summed E-state index contributed by atoms with van der Waals surface area (Å²) in [7, 11) is 0. The molecule has 0 fully saturated rings. The summed E-state index contributed by atoms with van der Waals surface area (Å²) in [5.74, 6) is 0. The van der Waals surface area contributed by atoms with Crippen LogP contribution in [0.4, 0.5) is 0 Å². The van der Waals surface area contributed by atoms with Crippen LogP contribution in [0, 0.1) is 0 Å². The minimum absolute atomic E-state index is 0.177. The molecule has 0 rings (SSSR count). The largest absolute Gasteiger partial charge is 0.395 e. The third-order valence-electron chi connectivity index (χ3n) is 3.96. The van der Waals surface area contributed by atoms with Crippen LogP contribution >= 0.6 is 0 Å². The Morgan fingerprint density at radius 2 is 1.33 bits per heavy atom. The maximum Gasteiger partial charge on any atom is 0.0894 e. The number of aliphatic hydroxyl groups is 2. The second kappa shape index (κ2) is 16.0. The van der Waals surface area contributed by atoms with Gasteiger partial charge in [0.1, 0.15) is 0 Å². The molecular formula is C18H37NO2. The lowest BCUT2D eigenvalue weighted by Gasteiger charge is -2.11. The van der Waals surface area contributed by atoms with Crippen molar-refractivity contribution in [3.8, 4) is 0 Å². The van der Waals surface area contributed by atoms with E-state index in [9.17, 15) is 5.11 Å². The number of unbranched alkanes of at least 4 members (excludes halogenated alkanes) is 11. The van der Waals surface area contributed by atoms with Crippen molar-refractivity contribution in [2.45, 2.75) is 96.1 Å². The minimum Gasteiger partial charge on any atom is -0.395 e. The van der Waals surface area contributed by atoms with Gasteiger partial charge in [-0.05, 0) is 12.8 Å². The standard InChI is InChI=1S/C18H37NO2/c1-2-3-4-5-6-7-8-9-10-11-12-13-14-15-18(21)17(19)16-20/h14-15,17-18,20-21H,2-13,16,19H2,1H3/t17-,18-/m1/s1. The minimum atomic E-state index is -0.720. The summed E-state index contributed by atoms with van der Waals surface area (Å²) >= 11 is 0. The van der Waals surface area contributed by atoms with Gasteiger partial charge in [-0.25, -0.2) is 0 Å². The van der Waals surface area contributed by atoms with Crippen LogP contribution in [-0.2, 0) is 0 Å². The molecule has 0 saturated heterocycles. The Labute approximate surface area is 131 Å². The van der Waals surface area contributed by atoms with Gasteiger partial charge in [-0.1, -0.05) is 83.3 Å². The molecule has 0 spiro atoms. The van der Waals surface area contributed by atoms with Crippen LogP contribution in [0.5, 0.6) is 0 Å². The summed E-state index contributed by atoms with van der Waals surface area (Å²) in [4.78, 5) is 0. The highest BCUT2D eigenvalue weighted by atomic mass is 16.3. The van der Waals surface area contributed by atoms with Crippen LogP contribution in [0.25, 0.3) is 0 Å². The number of allylic oxidation sites excluding steroid dienone is 1. The van der Waals surface area contributed by atoms with E-state index in [-0.39, 0.29) is 6.61 Å². The van der Waals surface area contributed by atoms with E-state index in [4.69, 9.17) is 10.8 Å². The number of hydrogen-bond acceptors (Lipinski definition) is 3.